The fourth-order valence-electron chi connectivity index (χ4n) is 3.93. The van der Waals surface area contributed by atoms with Crippen LogP contribution in [0.1, 0.15) is 38.2 Å². The summed E-state index contributed by atoms with van der Waals surface area (Å²) < 4.78 is 3.86. The minimum Gasteiger partial charge on any atom is -0.353 e. The molecule has 0 aliphatic heterocycles. The quantitative estimate of drug-likeness (QED) is 0.584. The summed E-state index contributed by atoms with van der Waals surface area (Å²) in [6.45, 7) is 4.86. The van der Waals surface area contributed by atoms with Crippen LogP contribution in [-0.4, -0.2) is 42.2 Å². The molecule has 0 radical (unpaired) electrons. The predicted octanol–water partition coefficient (Wildman–Crippen LogP) is 3.82. The van der Waals surface area contributed by atoms with E-state index >= 15 is 0 Å². The zero-order chi connectivity index (χ0) is 21.1. The number of nitrogens with zero attached hydrogens (tertiary/aromatic N) is 5. The van der Waals surface area contributed by atoms with Crippen molar-refractivity contribution < 1.29 is 4.79 Å². The number of aromatic nitrogens is 5. The molecule has 1 aliphatic rings. The van der Waals surface area contributed by atoms with Crippen molar-refractivity contribution in [3.63, 3.8) is 0 Å². The van der Waals surface area contributed by atoms with Gasteiger partial charge < -0.3 is 9.88 Å². The van der Waals surface area contributed by atoms with Crippen LogP contribution in [0.2, 0.25) is 0 Å². The van der Waals surface area contributed by atoms with Crippen LogP contribution in [0.3, 0.4) is 0 Å². The van der Waals surface area contributed by atoms with Gasteiger partial charge in [-0.25, -0.2) is 0 Å². The van der Waals surface area contributed by atoms with Crippen LogP contribution in [0.5, 0.6) is 0 Å². The summed E-state index contributed by atoms with van der Waals surface area (Å²) in [5.74, 6) is 1.20. The van der Waals surface area contributed by atoms with E-state index in [1.165, 1.54) is 30.2 Å². The highest BCUT2D eigenvalue weighted by atomic mass is 32.2. The molecule has 2 heterocycles. The van der Waals surface area contributed by atoms with Crippen molar-refractivity contribution in [1.29, 1.82) is 0 Å². The second-order valence-corrected chi connectivity index (χ2v) is 8.76. The Morgan fingerprint density at radius 1 is 1.20 bits per heavy atom. The first-order chi connectivity index (χ1) is 14.5. The number of carbonyl (C=O) groups is 1. The lowest BCUT2D eigenvalue weighted by Gasteiger charge is -2.11. The molecule has 1 saturated carbocycles. The summed E-state index contributed by atoms with van der Waals surface area (Å²) in [5.41, 5.74) is 4.09. The Hall–Kier alpha value is -2.61. The zero-order valence-electron chi connectivity index (χ0n) is 17.8. The van der Waals surface area contributed by atoms with Crippen molar-refractivity contribution in [2.24, 2.45) is 7.05 Å². The molecule has 30 heavy (non-hydrogen) atoms. The van der Waals surface area contributed by atoms with Crippen molar-refractivity contribution >= 4 is 17.7 Å². The number of aryl methyl sites for hydroxylation is 2. The van der Waals surface area contributed by atoms with E-state index in [0.717, 1.165) is 47.2 Å². The number of amides is 1. The van der Waals surface area contributed by atoms with E-state index in [1.54, 1.807) is 4.68 Å². The Balaban J connectivity index is 1.55. The average Bonchev–Trinajstić information content (AvgIpc) is 3.46. The smallest absolute Gasteiger partial charge is 0.230 e. The number of rotatable bonds is 7. The first-order valence-electron chi connectivity index (χ1n) is 10.5. The summed E-state index contributed by atoms with van der Waals surface area (Å²) in [7, 11) is 1.91. The SMILES string of the molecule is CCn1c(SCC(=O)NC2CCCC2)nnc1-c1cn(C)nc1-c1ccc(C)cc1. The molecule has 0 bridgehead atoms. The van der Waals surface area contributed by atoms with Gasteiger partial charge in [-0.05, 0) is 26.7 Å². The Bertz CT molecular complexity index is 1020. The van der Waals surface area contributed by atoms with Gasteiger partial charge in [0.2, 0.25) is 5.91 Å². The lowest BCUT2D eigenvalue weighted by molar-refractivity contribution is -0.119. The first kappa shape index (κ1) is 20.7. The van der Waals surface area contributed by atoms with Gasteiger partial charge in [0.1, 0.15) is 5.69 Å². The van der Waals surface area contributed by atoms with E-state index in [9.17, 15) is 4.79 Å². The second-order valence-electron chi connectivity index (χ2n) is 7.82. The van der Waals surface area contributed by atoms with Gasteiger partial charge in [0.05, 0.1) is 11.3 Å². The lowest BCUT2D eigenvalue weighted by Crippen LogP contribution is -2.33. The van der Waals surface area contributed by atoms with Gasteiger partial charge in [0.25, 0.3) is 0 Å². The Morgan fingerprint density at radius 3 is 2.63 bits per heavy atom. The van der Waals surface area contributed by atoms with Crippen molar-refractivity contribution in [3.8, 4) is 22.6 Å². The van der Waals surface area contributed by atoms with Crippen LogP contribution in [0.25, 0.3) is 22.6 Å². The predicted molar refractivity (Wildman–Crippen MR) is 119 cm³/mol. The molecule has 0 atom stereocenters. The normalized spacial score (nSPS) is 14.4. The number of hydrogen-bond acceptors (Lipinski definition) is 5. The summed E-state index contributed by atoms with van der Waals surface area (Å²) >= 11 is 1.44. The second kappa shape index (κ2) is 9.04. The van der Waals surface area contributed by atoms with Gasteiger partial charge in [-0.2, -0.15) is 5.10 Å². The van der Waals surface area contributed by atoms with Gasteiger partial charge in [0.15, 0.2) is 11.0 Å². The van der Waals surface area contributed by atoms with Crippen LogP contribution < -0.4 is 5.32 Å². The zero-order valence-corrected chi connectivity index (χ0v) is 18.6. The van der Waals surface area contributed by atoms with E-state index in [0.29, 0.717) is 11.8 Å². The summed E-state index contributed by atoms with van der Waals surface area (Å²) in [4.78, 5) is 12.3. The van der Waals surface area contributed by atoms with Crippen LogP contribution in [0.4, 0.5) is 0 Å². The molecule has 0 spiro atoms. The molecule has 1 aromatic carbocycles. The van der Waals surface area contributed by atoms with Crippen molar-refractivity contribution in [1.82, 2.24) is 29.9 Å². The molecule has 1 N–H and O–H groups in total. The Labute approximate surface area is 181 Å². The molecule has 1 amide bonds. The van der Waals surface area contributed by atoms with Gasteiger partial charge in [0, 0.05) is 31.4 Å². The van der Waals surface area contributed by atoms with Gasteiger partial charge in [-0.15, -0.1) is 10.2 Å². The maximum atomic E-state index is 12.3. The third kappa shape index (κ3) is 4.43. The molecule has 2 aromatic heterocycles. The monoisotopic (exact) mass is 424 g/mol. The van der Waals surface area contributed by atoms with Crippen molar-refractivity contribution in [2.45, 2.75) is 57.3 Å². The highest BCUT2D eigenvalue weighted by Crippen LogP contribution is 2.32. The number of carbonyl (C=O) groups excluding carboxylic acids is 1. The van der Waals surface area contributed by atoms with Crippen molar-refractivity contribution in [3.05, 3.63) is 36.0 Å². The molecule has 1 aliphatic carbocycles. The van der Waals surface area contributed by atoms with Crippen LogP contribution in [0.15, 0.2) is 35.6 Å². The molecule has 7 nitrogen and oxygen atoms in total. The Kier molecular flexibility index (Phi) is 6.22. The molecule has 0 unspecified atom stereocenters. The molecule has 1 fully saturated rings. The average molecular weight is 425 g/mol. The summed E-state index contributed by atoms with van der Waals surface area (Å²) in [6.07, 6.45) is 6.58. The molecule has 0 saturated heterocycles. The number of benzene rings is 1. The molecule has 8 heteroatoms. The molecule has 3 aromatic rings. The number of thioether (sulfide) groups is 1. The van der Waals surface area contributed by atoms with Gasteiger partial charge >= 0.3 is 0 Å². The Morgan fingerprint density at radius 2 is 1.93 bits per heavy atom. The maximum absolute atomic E-state index is 12.3. The lowest BCUT2D eigenvalue weighted by atomic mass is 10.1. The molecule has 158 valence electrons. The first-order valence-corrected chi connectivity index (χ1v) is 11.5. The maximum Gasteiger partial charge on any atom is 0.230 e. The van der Waals surface area contributed by atoms with Gasteiger partial charge in [-0.3, -0.25) is 9.48 Å². The van der Waals surface area contributed by atoms with Crippen LogP contribution in [0, 0.1) is 6.92 Å². The fourth-order valence-corrected chi connectivity index (χ4v) is 4.74. The highest BCUT2D eigenvalue weighted by molar-refractivity contribution is 7.99. The van der Waals surface area contributed by atoms with Gasteiger partial charge in [-0.1, -0.05) is 54.4 Å². The van der Waals surface area contributed by atoms with Crippen LogP contribution in [-0.2, 0) is 18.4 Å². The molecular formula is C22H28N6OS. The van der Waals surface area contributed by atoms with E-state index in [2.05, 4.69) is 63.3 Å². The molecular weight excluding hydrogens is 396 g/mol. The summed E-state index contributed by atoms with van der Waals surface area (Å²) in [5, 5.41) is 17.4. The highest BCUT2D eigenvalue weighted by Gasteiger charge is 2.21. The standard InChI is InChI=1S/C22H28N6OS/c1-4-28-21(18-13-27(3)26-20(18)16-11-9-15(2)10-12-16)24-25-22(28)30-14-19(29)23-17-7-5-6-8-17/h9-13,17H,4-8,14H2,1-3H3,(H,23,29). The van der Waals surface area contributed by atoms with E-state index in [4.69, 9.17) is 0 Å². The third-order valence-corrected chi connectivity index (χ3v) is 6.45. The van der Waals surface area contributed by atoms with E-state index in [-0.39, 0.29) is 5.91 Å². The number of hydrogen-bond donors (Lipinski definition) is 1. The fraction of sp³-hybridized carbons (Fsp3) is 0.455. The largest absolute Gasteiger partial charge is 0.353 e. The third-order valence-electron chi connectivity index (χ3n) is 5.48. The summed E-state index contributed by atoms with van der Waals surface area (Å²) in [6, 6.07) is 8.67. The minimum atomic E-state index is 0.0702. The minimum absolute atomic E-state index is 0.0702. The van der Waals surface area contributed by atoms with Crippen LogP contribution >= 0.6 is 11.8 Å². The van der Waals surface area contributed by atoms with E-state index < -0.39 is 0 Å². The number of nitrogens with one attached hydrogen (secondary N) is 1. The van der Waals surface area contributed by atoms with E-state index in [1.807, 2.05) is 13.2 Å². The molecule has 4 rings (SSSR count). The topological polar surface area (TPSA) is 77.6 Å². The van der Waals surface area contributed by atoms with Crippen molar-refractivity contribution in [2.75, 3.05) is 5.75 Å².